The van der Waals surface area contributed by atoms with Crippen molar-refractivity contribution in [3.05, 3.63) is 53.2 Å². The number of aromatic amines is 1. The van der Waals surface area contributed by atoms with Gasteiger partial charge in [0.2, 0.25) is 0 Å². The lowest BCUT2D eigenvalue weighted by Crippen LogP contribution is -2.30. The molecule has 0 aliphatic carbocycles. The summed E-state index contributed by atoms with van der Waals surface area (Å²) in [6, 6.07) is 12.5. The number of hydrogen-bond donors (Lipinski definition) is 2. The second kappa shape index (κ2) is 7.53. The molecule has 2 heterocycles. The zero-order valence-electron chi connectivity index (χ0n) is 16.1. The van der Waals surface area contributed by atoms with E-state index in [1.54, 1.807) is 14.2 Å². The summed E-state index contributed by atoms with van der Waals surface area (Å²) in [5, 5.41) is 4.88. The van der Waals surface area contributed by atoms with Gasteiger partial charge < -0.3 is 24.5 Å². The minimum atomic E-state index is 0.0984. The number of H-pyrrole nitrogens is 1. The molecule has 3 aromatic rings. The van der Waals surface area contributed by atoms with Gasteiger partial charge in [0.05, 0.1) is 26.9 Å². The maximum Gasteiger partial charge on any atom is 0.161 e. The number of hydrogen-bond acceptors (Lipinski definition) is 4. The molecule has 1 atom stereocenters. The first-order valence-corrected chi connectivity index (χ1v) is 9.47. The van der Waals surface area contributed by atoms with Gasteiger partial charge in [-0.2, -0.15) is 0 Å². The summed E-state index contributed by atoms with van der Waals surface area (Å²) in [7, 11) is 3.39. The van der Waals surface area contributed by atoms with Crippen molar-refractivity contribution in [3.8, 4) is 17.2 Å². The number of aromatic nitrogens is 1. The molecule has 0 spiro atoms. The first-order chi connectivity index (χ1) is 13.2. The normalized spacial score (nSPS) is 16.2. The maximum atomic E-state index is 5.80. The van der Waals surface area contributed by atoms with Gasteiger partial charge in [0.1, 0.15) is 5.75 Å². The van der Waals surface area contributed by atoms with E-state index >= 15 is 0 Å². The summed E-state index contributed by atoms with van der Waals surface area (Å²) in [6.45, 7) is 3.71. The fraction of sp³-hybridized carbons (Fsp3) is 0.364. The Bertz CT molecular complexity index is 948. The summed E-state index contributed by atoms with van der Waals surface area (Å²) in [5.41, 5.74) is 4.88. The molecule has 0 radical (unpaired) electrons. The number of fused-ring (bicyclic) bond motifs is 3. The van der Waals surface area contributed by atoms with Crippen LogP contribution in [0.25, 0.3) is 10.9 Å². The minimum Gasteiger partial charge on any atom is -0.497 e. The highest BCUT2D eigenvalue weighted by molar-refractivity contribution is 5.86. The topological polar surface area (TPSA) is 55.5 Å². The van der Waals surface area contributed by atoms with Crippen LogP contribution in [0.5, 0.6) is 17.2 Å². The number of rotatable bonds is 6. The molecule has 1 aliphatic rings. The van der Waals surface area contributed by atoms with Gasteiger partial charge in [-0.3, -0.25) is 0 Å². The highest BCUT2D eigenvalue weighted by Crippen LogP contribution is 2.37. The predicted molar refractivity (Wildman–Crippen MR) is 107 cm³/mol. The van der Waals surface area contributed by atoms with E-state index in [1.165, 1.54) is 16.6 Å². The molecule has 0 amide bonds. The fourth-order valence-corrected chi connectivity index (χ4v) is 3.81. The molecule has 27 heavy (non-hydrogen) atoms. The van der Waals surface area contributed by atoms with Crippen LogP contribution in [0.15, 0.2) is 36.4 Å². The van der Waals surface area contributed by atoms with Gasteiger partial charge in [-0.15, -0.1) is 0 Å². The molecule has 1 aromatic heterocycles. The van der Waals surface area contributed by atoms with Gasteiger partial charge in [0.25, 0.3) is 0 Å². The third-order valence-corrected chi connectivity index (χ3v) is 5.14. The Morgan fingerprint density at radius 2 is 1.93 bits per heavy atom. The van der Waals surface area contributed by atoms with Gasteiger partial charge in [-0.1, -0.05) is 13.0 Å². The molecule has 0 saturated heterocycles. The molecule has 5 heteroatoms. The molecule has 0 unspecified atom stereocenters. The van der Waals surface area contributed by atoms with Crippen molar-refractivity contribution < 1.29 is 14.2 Å². The standard InChI is InChI=1S/C22H26N2O3/c1-4-11-27-19-8-5-14(12-20(19)26-3)21-22-16(9-10-23-21)17-13-15(25-2)6-7-18(17)24-22/h5-8,12-13,21,23-24H,4,9-11H2,1-3H3/t21-/m1/s1. The molecule has 0 saturated carbocycles. The fourth-order valence-electron chi connectivity index (χ4n) is 3.81. The van der Waals surface area contributed by atoms with E-state index in [-0.39, 0.29) is 6.04 Å². The summed E-state index contributed by atoms with van der Waals surface area (Å²) in [5.74, 6) is 2.45. The third kappa shape index (κ3) is 3.23. The number of benzene rings is 2. The lowest BCUT2D eigenvalue weighted by Gasteiger charge is -2.25. The van der Waals surface area contributed by atoms with Crippen molar-refractivity contribution in [1.29, 1.82) is 0 Å². The molecule has 142 valence electrons. The van der Waals surface area contributed by atoms with Crippen LogP contribution < -0.4 is 19.5 Å². The average Bonchev–Trinajstić information content (AvgIpc) is 3.10. The second-order valence-corrected chi connectivity index (χ2v) is 6.82. The zero-order valence-corrected chi connectivity index (χ0v) is 16.1. The predicted octanol–water partition coefficient (Wildman–Crippen LogP) is 4.21. The lowest BCUT2D eigenvalue weighted by molar-refractivity contribution is 0.294. The molecule has 0 bridgehead atoms. The van der Waals surface area contributed by atoms with E-state index in [1.807, 2.05) is 12.1 Å². The van der Waals surface area contributed by atoms with Crippen LogP contribution in [0.2, 0.25) is 0 Å². The van der Waals surface area contributed by atoms with Crippen molar-refractivity contribution >= 4 is 10.9 Å². The van der Waals surface area contributed by atoms with Gasteiger partial charge in [-0.05, 0) is 54.3 Å². The van der Waals surface area contributed by atoms with Crippen LogP contribution >= 0.6 is 0 Å². The number of methoxy groups -OCH3 is 2. The van der Waals surface area contributed by atoms with Gasteiger partial charge in [0.15, 0.2) is 11.5 Å². The van der Waals surface area contributed by atoms with Gasteiger partial charge in [0, 0.05) is 23.1 Å². The quantitative estimate of drug-likeness (QED) is 0.686. The van der Waals surface area contributed by atoms with Crippen molar-refractivity contribution in [1.82, 2.24) is 10.3 Å². The summed E-state index contributed by atoms with van der Waals surface area (Å²) in [4.78, 5) is 3.61. The summed E-state index contributed by atoms with van der Waals surface area (Å²) in [6.07, 6.45) is 1.96. The molecule has 1 aliphatic heterocycles. The average molecular weight is 366 g/mol. The van der Waals surface area contributed by atoms with Crippen molar-refractivity contribution in [2.75, 3.05) is 27.4 Å². The smallest absolute Gasteiger partial charge is 0.161 e. The van der Waals surface area contributed by atoms with E-state index in [0.717, 1.165) is 47.7 Å². The molecule has 2 aromatic carbocycles. The number of nitrogens with one attached hydrogen (secondary N) is 2. The van der Waals surface area contributed by atoms with Crippen molar-refractivity contribution in [2.45, 2.75) is 25.8 Å². The maximum absolute atomic E-state index is 5.80. The van der Waals surface area contributed by atoms with E-state index in [0.29, 0.717) is 6.61 Å². The van der Waals surface area contributed by atoms with Crippen molar-refractivity contribution in [2.24, 2.45) is 0 Å². The van der Waals surface area contributed by atoms with Gasteiger partial charge in [-0.25, -0.2) is 0 Å². The van der Waals surface area contributed by atoms with Gasteiger partial charge >= 0.3 is 0 Å². The van der Waals surface area contributed by atoms with E-state index in [9.17, 15) is 0 Å². The summed E-state index contributed by atoms with van der Waals surface area (Å²) < 4.78 is 16.8. The van der Waals surface area contributed by atoms with E-state index in [2.05, 4.69) is 41.5 Å². The summed E-state index contributed by atoms with van der Waals surface area (Å²) >= 11 is 0. The molecule has 5 nitrogen and oxygen atoms in total. The van der Waals surface area contributed by atoms with Crippen LogP contribution in [0.3, 0.4) is 0 Å². The molecule has 2 N–H and O–H groups in total. The van der Waals surface area contributed by atoms with Crippen LogP contribution in [-0.4, -0.2) is 32.4 Å². The van der Waals surface area contributed by atoms with E-state index < -0.39 is 0 Å². The Kier molecular flexibility index (Phi) is 4.94. The minimum absolute atomic E-state index is 0.0984. The first kappa shape index (κ1) is 17.7. The largest absolute Gasteiger partial charge is 0.497 e. The Balaban J connectivity index is 1.74. The Labute approximate surface area is 159 Å². The van der Waals surface area contributed by atoms with E-state index in [4.69, 9.17) is 14.2 Å². The Hall–Kier alpha value is -2.66. The highest BCUT2D eigenvalue weighted by atomic mass is 16.5. The van der Waals surface area contributed by atoms with Crippen LogP contribution in [-0.2, 0) is 6.42 Å². The van der Waals surface area contributed by atoms with Crippen LogP contribution in [0, 0.1) is 0 Å². The zero-order chi connectivity index (χ0) is 18.8. The molecular formula is C22H26N2O3. The van der Waals surface area contributed by atoms with Crippen molar-refractivity contribution in [3.63, 3.8) is 0 Å². The Morgan fingerprint density at radius 1 is 1.04 bits per heavy atom. The second-order valence-electron chi connectivity index (χ2n) is 6.82. The molecule has 0 fully saturated rings. The SMILES string of the molecule is CCCOc1ccc([C@H]2NCCc3c2[nH]c2ccc(OC)cc32)cc1OC. The molecule has 4 rings (SSSR count). The highest BCUT2D eigenvalue weighted by Gasteiger charge is 2.26. The lowest BCUT2D eigenvalue weighted by atomic mass is 9.94. The van der Waals surface area contributed by atoms with Crippen LogP contribution in [0.1, 0.15) is 36.2 Å². The number of ether oxygens (including phenoxy) is 3. The molecular weight excluding hydrogens is 340 g/mol. The third-order valence-electron chi connectivity index (χ3n) is 5.14. The first-order valence-electron chi connectivity index (χ1n) is 9.47. The monoisotopic (exact) mass is 366 g/mol. The van der Waals surface area contributed by atoms with Crippen LogP contribution in [0.4, 0.5) is 0 Å². The Morgan fingerprint density at radius 3 is 2.70 bits per heavy atom.